The summed E-state index contributed by atoms with van der Waals surface area (Å²) < 4.78 is 0. The maximum absolute atomic E-state index is 10.7. The van der Waals surface area contributed by atoms with Crippen LogP contribution in [0, 0.1) is 11.8 Å². The Morgan fingerprint density at radius 3 is 2.46 bits per heavy atom. The Hall–Kier alpha value is -1.54. The number of carbonyl (C=O) groups excluding carboxylic acids is 1. The van der Waals surface area contributed by atoms with Crippen LogP contribution in [0.3, 0.4) is 0 Å². The summed E-state index contributed by atoms with van der Waals surface area (Å²) in [6.07, 6.45) is 0. The normalized spacial score (nSPS) is 13.5. The average Bonchev–Trinajstić information content (AvgIpc) is 2.01. The molecule has 0 rings (SSSR count). The van der Waals surface area contributed by atoms with Gasteiger partial charge < -0.3 is 15.5 Å². The largest absolute Gasteiger partial charge is 0.479 e. The molecule has 5 nitrogen and oxygen atoms in total. The fourth-order valence-electron chi connectivity index (χ4n) is 0.486. The molecule has 3 N–H and O–H groups in total. The van der Waals surface area contributed by atoms with Gasteiger partial charge in [-0.3, -0.25) is 4.79 Å². The number of aliphatic hydroxyl groups is 1. The number of rotatable bonds is 3. The van der Waals surface area contributed by atoms with E-state index in [-0.39, 0.29) is 6.54 Å². The molecule has 0 heterocycles. The van der Waals surface area contributed by atoms with Crippen molar-refractivity contribution >= 4 is 11.9 Å². The highest BCUT2D eigenvalue weighted by atomic mass is 16.4. The molecule has 0 aromatic carbocycles. The molecule has 0 aromatic heterocycles. The number of carbonyl (C=O) groups is 2. The highest BCUT2D eigenvalue weighted by Gasteiger charge is 2.29. The minimum atomic E-state index is -1.95. The number of aliphatic carboxylic acids is 1. The lowest BCUT2D eigenvalue weighted by Crippen LogP contribution is -2.46. The van der Waals surface area contributed by atoms with Crippen LogP contribution in [-0.4, -0.2) is 34.2 Å². The molecule has 0 radical (unpaired) electrons. The second-order valence-corrected chi connectivity index (χ2v) is 2.64. The van der Waals surface area contributed by atoms with Crippen LogP contribution in [0.15, 0.2) is 0 Å². The van der Waals surface area contributed by atoms with E-state index in [9.17, 15) is 9.59 Å². The van der Waals surface area contributed by atoms with Crippen LogP contribution in [0.4, 0.5) is 0 Å². The van der Waals surface area contributed by atoms with E-state index in [1.165, 1.54) is 6.92 Å². The van der Waals surface area contributed by atoms with Crippen molar-refractivity contribution in [2.24, 2.45) is 0 Å². The minimum Gasteiger partial charge on any atom is -0.479 e. The van der Waals surface area contributed by atoms with Gasteiger partial charge in [0.05, 0.1) is 6.54 Å². The summed E-state index contributed by atoms with van der Waals surface area (Å²) in [5.41, 5.74) is -1.95. The maximum atomic E-state index is 10.7. The third kappa shape index (κ3) is 4.13. The first-order valence-electron chi connectivity index (χ1n) is 3.56. The van der Waals surface area contributed by atoms with Crippen molar-refractivity contribution in [1.29, 1.82) is 0 Å². The fourth-order valence-corrected chi connectivity index (χ4v) is 0.486. The zero-order valence-electron chi connectivity index (χ0n) is 7.42. The van der Waals surface area contributed by atoms with Crippen molar-refractivity contribution in [3.63, 3.8) is 0 Å². The lowest BCUT2D eigenvalue weighted by molar-refractivity contribution is -0.156. The first-order valence-corrected chi connectivity index (χ1v) is 3.56. The van der Waals surface area contributed by atoms with Crippen molar-refractivity contribution in [2.75, 3.05) is 6.54 Å². The van der Waals surface area contributed by atoms with Crippen molar-refractivity contribution < 1.29 is 19.8 Å². The predicted molar refractivity (Wildman–Crippen MR) is 44.7 cm³/mol. The van der Waals surface area contributed by atoms with Gasteiger partial charge in [-0.1, -0.05) is 5.92 Å². The molecule has 0 fully saturated rings. The number of carboxylic acids is 1. The fraction of sp³-hybridized carbons (Fsp3) is 0.500. The standard InChI is InChI=1S/C8H11NO4/c1-3-4-6(10)9-5-8(2,13)7(11)12/h13H,5H2,1-2H3,(H,9,10)(H,11,12). The highest BCUT2D eigenvalue weighted by molar-refractivity contribution is 5.93. The molecule has 72 valence electrons. The summed E-state index contributed by atoms with van der Waals surface area (Å²) >= 11 is 0. The number of amides is 1. The van der Waals surface area contributed by atoms with Gasteiger partial charge in [-0.2, -0.15) is 0 Å². The van der Waals surface area contributed by atoms with Crippen LogP contribution in [0.1, 0.15) is 13.8 Å². The van der Waals surface area contributed by atoms with Gasteiger partial charge in [0, 0.05) is 0 Å². The third-order valence-corrected chi connectivity index (χ3v) is 1.29. The maximum Gasteiger partial charge on any atom is 0.337 e. The molecule has 5 heteroatoms. The molecule has 13 heavy (non-hydrogen) atoms. The summed E-state index contributed by atoms with van der Waals surface area (Å²) in [6, 6.07) is 0. The molecule has 0 aliphatic carbocycles. The number of carboxylic acid groups (broad SMARTS) is 1. The Kier molecular flexibility index (Phi) is 3.95. The van der Waals surface area contributed by atoms with Crippen LogP contribution in [0.5, 0.6) is 0 Å². The molecule has 0 saturated heterocycles. The zero-order valence-corrected chi connectivity index (χ0v) is 7.42. The van der Waals surface area contributed by atoms with E-state index >= 15 is 0 Å². The summed E-state index contributed by atoms with van der Waals surface area (Å²) in [7, 11) is 0. The van der Waals surface area contributed by atoms with Crippen LogP contribution in [0.25, 0.3) is 0 Å². The van der Waals surface area contributed by atoms with Gasteiger partial charge >= 0.3 is 5.97 Å². The quantitative estimate of drug-likeness (QED) is 0.490. The van der Waals surface area contributed by atoms with Crippen LogP contribution >= 0.6 is 0 Å². The Morgan fingerprint density at radius 1 is 1.54 bits per heavy atom. The van der Waals surface area contributed by atoms with Gasteiger partial charge in [-0.05, 0) is 19.8 Å². The lowest BCUT2D eigenvalue weighted by atomic mass is 10.1. The number of hydrogen-bond acceptors (Lipinski definition) is 3. The summed E-state index contributed by atoms with van der Waals surface area (Å²) in [5.74, 6) is 2.50. The molecule has 0 aliphatic rings. The van der Waals surface area contributed by atoms with Crippen LogP contribution < -0.4 is 5.32 Å². The van der Waals surface area contributed by atoms with E-state index in [1.807, 2.05) is 0 Å². The van der Waals surface area contributed by atoms with E-state index in [0.717, 1.165) is 6.92 Å². The first kappa shape index (κ1) is 11.5. The van der Waals surface area contributed by atoms with E-state index in [2.05, 4.69) is 17.2 Å². The van der Waals surface area contributed by atoms with E-state index in [4.69, 9.17) is 10.2 Å². The topological polar surface area (TPSA) is 86.6 Å². The van der Waals surface area contributed by atoms with E-state index in [0.29, 0.717) is 0 Å². The van der Waals surface area contributed by atoms with Gasteiger partial charge in [0.1, 0.15) is 0 Å². The third-order valence-electron chi connectivity index (χ3n) is 1.29. The smallest absolute Gasteiger partial charge is 0.337 e. The Balaban J connectivity index is 4.07. The molecule has 0 aliphatic heterocycles. The Morgan fingerprint density at radius 2 is 2.08 bits per heavy atom. The second-order valence-electron chi connectivity index (χ2n) is 2.64. The molecule has 0 saturated carbocycles. The first-order chi connectivity index (χ1) is 5.90. The Labute approximate surface area is 75.8 Å². The van der Waals surface area contributed by atoms with Crippen molar-refractivity contribution in [1.82, 2.24) is 5.32 Å². The predicted octanol–water partition coefficient (Wildman–Crippen LogP) is -1.04. The second kappa shape index (κ2) is 4.48. The molecule has 1 amide bonds. The van der Waals surface area contributed by atoms with Gasteiger partial charge in [-0.25, -0.2) is 4.79 Å². The van der Waals surface area contributed by atoms with Gasteiger partial charge in [-0.15, -0.1) is 0 Å². The Bertz CT molecular complexity index is 272. The molecule has 0 spiro atoms. The summed E-state index contributed by atoms with van der Waals surface area (Å²) in [4.78, 5) is 21.1. The van der Waals surface area contributed by atoms with Crippen LogP contribution in [0.2, 0.25) is 0 Å². The van der Waals surface area contributed by atoms with Crippen LogP contribution in [-0.2, 0) is 9.59 Å². The molecule has 1 unspecified atom stereocenters. The molecule has 0 bridgehead atoms. The van der Waals surface area contributed by atoms with E-state index in [1.54, 1.807) is 0 Å². The minimum absolute atomic E-state index is 0.365. The summed E-state index contributed by atoms with van der Waals surface area (Å²) in [5, 5.41) is 19.8. The monoisotopic (exact) mass is 185 g/mol. The zero-order chi connectivity index (χ0) is 10.5. The molecular weight excluding hydrogens is 174 g/mol. The van der Waals surface area contributed by atoms with Crippen molar-refractivity contribution in [2.45, 2.75) is 19.4 Å². The number of nitrogens with one attached hydrogen (secondary N) is 1. The molecule has 0 aromatic rings. The number of hydrogen-bond donors (Lipinski definition) is 3. The van der Waals surface area contributed by atoms with E-state index < -0.39 is 17.5 Å². The van der Waals surface area contributed by atoms with Gasteiger partial charge in [0.25, 0.3) is 5.91 Å². The van der Waals surface area contributed by atoms with Crippen molar-refractivity contribution in [3.05, 3.63) is 0 Å². The lowest BCUT2D eigenvalue weighted by Gasteiger charge is -2.16. The molecule has 1 atom stereocenters. The van der Waals surface area contributed by atoms with Gasteiger partial charge in [0.2, 0.25) is 0 Å². The average molecular weight is 185 g/mol. The molecular formula is C8H11NO4. The van der Waals surface area contributed by atoms with Gasteiger partial charge in [0.15, 0.2) is 5.60 Å². The highest BCUT2D eigenvalue weighted by Crippen LogP contribution is 2.00. The summed E-state index contributed by atoms with van der Waals surface area (Å²) in [6.45, 7) is 2.21. The SMILES string of the molecule is CC#CC(=O)NCC(C)(O)C(=O)O. The van der Waals surface area contributed by atoms with Crippen molar-refractivity contribution in [3.8, 4) is 11.8 Å².